The predicted molar refractivity (Wildman–Crippen MR) is 70.4 cm³/mol. The summed E-state index contributed by atoms with van der Waals surface area (Å²) in [4.78, 5) is 11.6. The average molecular weight is 257 g/mol. The Balaban J connectivity index is 1.83. The maximum atomic E-state index is 11.6. The molecule has 0 aromatic heterocycles. The summed E-state index contributed by atoms with van der Waals surface area (Å²) in [7, 11) is 0. The van der Waals surface area contributed by atoms with Crippen molar-refractivity contribution in [2.45, 2.75) is 13.2 Å². The van der Waals surface area contributed by atoms with Crippen molar-refractivity contribution in [2.75, 3.05) is 0 Å². The lowest BCUT2D eigenvalue weighted by Gasteiger charge is -2.14. The van der Waals surface area contributed by atoms with Gasteiger partial charge in [0.15, 0.2) is 0 Å². The molecular weight excluding hydrogens is 242 g/mol. The molecule has 0 saturated heterocycles. The predicted octanol–water partition coefficient (Wildman–Crippen LogP) is 3.21. The monoisotopic (exact) mass is 257 g/mol. The van der Waals surface area contributed by atoms with Gasteiger partial charge in [-0.2, -0.15) is 5.06 Å². The van der Waals surface area contributed by atoms with E-state index >= 15 is 0 Å². The summed E-state index contributed by atoms with van der Waals surface area (Å²) < 4.78 is 5.00. The molecule has 0 aliphatic carbocycles. The van der Waals surface area contributed by atoms with E-state index in [4.69, 9.17) is 4.74 Å². The molecule has 4 heteroatoms. The number of hydrogen-bond donors (Lipinski definition) is 1. The van der Waals surface area contributed by atoms with Gasteiger partial charge in [-0.05, 0) is 11.1 Å². The molecule has 19 heavy (non-hydrogen) atoms. The third kappa shape index (κ3) is 4.12. The molecule has 0 atom stereocenters. The number of amides is 1. The molecule has 0 aliphatic rings. The van der Waals surface area contributed by atoms with E-state index in [1.807, 2.05) is 60.7 Å². The molecule has 2 rings (SSSR count). The number of hydroxylamine groups is 2. The minimum Gasteiger partial charge on any atom is -0.443 e. The first-order valence-corrected chi connectivity index (χ1v) is 5.97. The number of benzene rings is 2. The highest BCUT2D eigenvalue weighted by Gasteiger charge is 2.12. The molecule has 0 spiro atoms. The fourth-order valence-electron chi connectivity index (χ4n) is 1.61. The van der Waals surface area contributed by atoms with E-state index in [1.165, 1.54) is 0 Å². The molecule has 0 bridgehead atoms. The van der Waals surface area contributed by atoms with Gasteiger partial charge >= 0.3 is 6.09 Å². The van der Waals surface area contributed by atoms with Crippen LogP contribution in [0, 0.1) is 0 Å². The summed E-state index contributed by atoms with van der Waals surface area (Å²) in [5.41, 5.74) is 1.71. The summed E-state index contributed by atoms with van der Waals surface area (Å²) in [5.74, 6) is 0. The Morgan fingerprint density at radius 2 is 1.47 bits per heavy atom. The zero-order valence-corrected chi connectivity index (χ0v) is 10.4. The van der Waals surface area contributed by atoms with Crippen LogP contribution in [0.15, 0.2) is 60.7 Å². The Morgan fingerprint density at radius 1 is 0.947 bits per heavy atom. The van der Waals surface area contributed by atoms with E-state index in [9.17, 15) is 10.0 Å². The summed E-state index contributed by atoms with van der Waals surface area (Å²) in [6.07, 6.45) is -0.757. The van der Waals surface area contributed by atoms with Crippen molar-refractivity contribution in [2.24, 2.45) is 0 Å². The van der Waals surface area contributed by atoms with Crippen LogP contribution in [-0.4, -0.2) is 16.4 Å². The number of hydrogen-bond acceptors (Lipinski definition) is 3. The van der Waals surface area contributed by atoms with Crippen LogP contribution in [0.1, 0.15) is 11.1 Å². The fourth-order valence-corrected chi connectivity index (χ4v) is 1.61. The minimum atomic E-state index is -0.757. The largest absolute Gasteiger partial charge is 0.443 e. The topological polar surface area (TPSA) is 49.8 Å². The first kappa shape index (κ1) is 13.1. The van der Waals surface area contributed by atoms with Crippen LogP contribution in [0.5, 0.6) is 0 Å². The second-order valence-corrected chi connectivity index (χ2v) is 4.08. The van der Waals surface area contributed by atoms with Crippen molar-refractivity contribution in [3.8, 4) is 0 Å². The van der Waals surface area contributed by atoms with E-state index < -0.39 is 6.09 Å². The Morgan fingerprint density at radius 3 is 2.05 bits per heavy atom. The molecule has 2 aromatic rings. The highest BCUT2D eigenvalue weighted by molar-refractivity contribution is 5.66. The van der Waals surface area contributed by atoms with Gasteiger partial charge in [0.1, 0.15) is 6.61 Å². The fraction of sp³-hybridized carbons (Fsp3) is 0.133. The van der Waals surface area contributed by atoms with E-state index in [0.717, 1.165) is 11.1 Å². The molecule has 4 nitrogen and oxygen atoms in total. The maximum absolute atomic E-state index is 11.6. The first-order valence-electron chi connectivity index (χ1n) is 5.97. The minimum absolute atomic E-state index is 0.106. The second-order valence-electron chi connectivity index (χ2n) is 4.08. The van der Waals surface area contributed by atoms with Gasteiger partial charge in [-0.15, -0.1) is 0 Å². The zero-order valence-electron chi connectivity index (χ0n) is 10.4. The third-order valence-electron chi connectivity index (χ3n) is 2.59. The summed E-state index contributed by atoms with van der Waals surface area (Å²) in [6.45, 7) is 0.250. The lowest BCUT2D eigenvalue weighted by molar-refractivity contribution is -0.0828. The lowest BCUT2D eigenvalue weighted by atomic mass is 10.2. The van der Waals surface area contributed by atoms with Gasteiger partial charge in [0.25, 0.3) is 0 Å². The lowest BCUT2D eigenvalue weighted by Crippen LogP contribution is -2.27. The van der Waals surface area contributed by atoms with Crippen LogP contribution < -0.4 is 0 Å². The number of ether oxygens (including phenoxy) is 1. The van der Waals surface area contributed by atoms with Gasteiger partial charge in [-0.25, -0.2) is 4.79 Å². The SMILES string of the molecule is O=C(OCc1ccccc1)N(O)Cc1ccccc1. The van der Waals surface area contributed by atoms with Crippen LogP contribution in [0.3, 0.4) is 0 Å². The number of carbonyl (C=O) groups excluding carboxylic acids is 1. The van der Waals surface area contributed by atoms with Crippen molar-refractivity contribution in [1.29, 1.82) is 0 Å². The molecule has 0 saturated carbocycles. The summed E-state index contributed by atoms with van der Waals surface area (Å²) in [6, 6.07) is 18.5. The van der Waals surface area contributed by atoms with Crippen LogP contribution >= 0.6 is 0 Å². The van der Waals surface area contributed by atoms with Crippen molar-refractivity contribution >= 4 is 6.09 Å². The molecular formula is C15H15NO3. The molecule has 98 valence electrons. The quantitative estimate of drug-likeness (QED) is 0.676. The van der Waals surface area contributed by atoms with Crippen molar-refractivity contribution in [3.05, 3.63) is 71.8 Å². The standard InChI is InChI=1S/C15H15NO3/c17-15(19-12-14-9-5-2-6-10-14)16(18)11-13-7-3-1-4-8-13/h1-10,18H,11-12H2. The van der Waals surface area contributed by atoms with Crippen LogP contribution in [0.2, 0.25) is 0 Å². The van der Waals surface area contributed by atoms with E-state index in [1.54, 1.807) is 0 Å². The van der Waals surface area contributed by atoms with Crippen molar-refractivity contribution in [3.63, 3.8) is 0 Å². The van der Waals surface area contributed by atoms with Crippen molar-refractivity contribution < 1.29 is 14.7 Å². The molecule has 0 aliphatic heterocycles. The maximum Gasteiger partial charge on any atom is 0.434 e. The average Bonchev–Trinajstić information content (AvgIpc) is 2.47. The molecule has 1 N–H and O–H groups in total. The summed E-state index contributed by atoms with van der Waals surface area (Å²) >= 11 is 0. The molecule has 2 aromatic carbocycles. The smallest absolute Gasteiger partial charge is 0.434 e. The molecule has 0 radical (unpaired) electrons. The molecule has 1 amide bonds. The molecule has 0 fully saturated rings. The van der Waals surface area contributed by atoms with Crippen LogP contribution in [0.25, 0.3) is 0 Å². The van der Waals surface area contributed by atoms with Gasteiger partial charge in [0, 0.05) is 0 Å². The van der Waals surface area contributed by atoms with Crippen molar-refractivity contribution in [1.82, 2.24) is 5.06 Å². The number of rotatable bonds is 4. The second kappa shape index (κ2) is 6.56. The first-order chi connectivity index (χ1) is 9.25. The Bertz CT molecular complexity index is 513. The van der Waals surface area contributed by atoms with Gasteiger partial charge in [0.05, 0.1) is 6.54 Å². The Labute approximate surface area is 111 Å². The third-order valence-corrected chi connectivity index (χ3v) is 2.59. The Hall–Kier alpha value is -2.33. The van der Waals surface area contributed by atoms with Gasteiger partial charge < -0.3 is 4.74 Å². The van der Waals surface area contributed by atoms with E-state index in [2.05, 4.69) is 0 Å². The molecule has 0 heterocycles. The van der Waals surface area contributed by atoms with E-state index in [-0.39, 0.29) is 13.2 Å². The van der Waals surface area contributed by atoms with Gasteiger partial charge in [0.2, 0.25) is 0 Å². The highest BCUT2D eigenvalue weighted by Crippen LogP contribution is 2.06. The zero-order chi connectivity index (χ0) is 13.5. The Kier molecular flexibility index (Phi) is 4.53. The number of nitrogens with zero attached hydrogens (tertiary/aromatic N) is 1. The van der Waals surface area contributed by atoms with Gasteiger partial charge in [-0.3, -0.25) is 5.21 Å². The van der Waals surface area contributed by atoms with Gasteiger partial charge in [-0.1, -0.05) is 60.7 Å². The molecule has 0 unspecified atom stereocenters. The van der Waals surface area contributed by atoms with Crippen LogP contribution in [0.4, 0.5) is 4.79 Å². The normalized spacial score (nSPS) is 9.95. The summed E-state index contributed by atoms with van der Waals surface area (Å²) in [5, 5.41) is 10.2. The highest BCUT2D eigenvalue weighted by atomic mass is 16.6. The van der Waals surface area contributed by atoms with Crippen LogP contribution in [-0.2, 0) is 17.9 Å². The number of carbonyl (C=O) groups is 1. The van der Waals surface area contributed by atoms with E-state index in [0.29, 0.717) is 5.06 Å².